The summed E-state index contributed by atoms with van der Waals surface area (Å²) in [6, 6.07) is 4.08. The third-order valence-electron chi connectivity index (χ3n) is 2.85. The van der Waals surface area contributed by atoms with E-state index < -0.39 is 0 Å². The first kappa shape index (κ1) is 12.3. The van der Waals surface area contributed by atoms with Crippen molar-refractivity contribution in [3.63, 3.8) is 0 Å². The minimum absolute atomic E-state index is 0.240. The third kappa shape index (κ3) is 2.25. The first-order valence-electron chi connectivity index (χ1n) is 5.75. The van der Waals surface area contributed by atoms with Crippen LogP contribution >= 0.6 is 0 Å². The van der Waals surface area contributed by atoms with Gasteiger partial charge in [0.15, 0.2) is 5.69 Å². The summed E-state index contributed by atoms with van der Waals surface area (Å²) in [5.74, 6) is -0.240. The predicted molar refractivity (Wildman–Crippen MR) is 69.7 cm³/mol. The molecule has 18 heavy (non-hydrogen) atoms. The lowest BCUT2D eigenvalue weighted by Crippen LogP contribution is -2.15. The molecule has 1 amide bonds. The highest BCUT2D eigenvalue weighted by Gasteiger charge is 2.15. The van der Waals surface area contributed by atoms with Gasteiger partial charge in [0.2, 0.25) is 0 Å². The van der Waals surface area contributed by atoms with E-state index in [9.17, 15) is 4.79 Å². The highest BCUT2D eigenvalue weighted by molar-refractivity contribution is 6.04. The lowest BCUT2D eigenvalue weighted by molar-refractivity contribution is 0.102. The number of hydrogen-bond donors (Lipinski definition) is 2. The molecule has 2 rings (SSSR count). The van der Waals surface area contributed by atoms with Gasteiger partial charge in [-0.2, -0.15) is 15.4 Å². The molecule has 1 aromatic heterocycles. The number of aryl methyl sites for hydroxylation is 4. The van der Waals surface area contributed by atoms with Crippen LogP contribution < -0.4 is 5.32 Å². The van der Waals surface area contributed by atoms with Gasteiger partial charge in [0.1, 0.15) is 0 Å². The fourth-order valence-corrected chi connectivity index (χ4v) is 2.05. The van der Waals surface area contributed by atoms with Crippen LogP contribution in [0.3, 0.4) is 0 Å². The SMILES string of the molecule is Cc1cc(C)c(NC(=O)c2n[nH]nc2C)c(C)c1. The lowest BCUT2D eigenvalue weighted by Gasteiger charge is -2.12. The van der Waals surface area contributed by atoms with E-state index in [2.05, 4.69) is 20.7 Å². The van der Waals surface area contributed by atoms with Gasteiger partial charge in [0.05, 0.1) is 5.69 Å². The summed E-state index contributed by atoms with van der Waals surface area (Å²) in [6.07, 6.45) is 0. The second kappa shape index (κ2) is 4.60. The number of carbonyl (C=O) groups is 1. The first-order valence-corrected chi connectivity index (χ1v) is 5.75. The molecule has 94 valence electrons. The van der Waals surface area contributed by atoms with Crippen molar-refractivity contribution in [2.45, 2.75) is 27.7 Å². The van der Waals surface area contributed by atoms with E-state index in [-0.39, 0.29) is 5.91 Å². The van der Waals surface area contributed by atoms with Crippen molar-refractivity contribution in [2.24, 2.45) is 0 Å². The summed E-state index contributed by atoms with van der Waals surface area (Å²) in [5.41, 5.74) is 5.03. The zero-order valence-corrected chi connectivity index (χ0v) is 11.0. The number of H-pyrrole nitrogens is 1. The molecule has 5 nitrogen and oxygen atoms in total. The van der Waals surface area contributed by atoms with Crippen LogP contribution in [0.5, 0.6) is 0 Å². The molecule has 0 saturated carbocycles. The number of aromatic amines is 1. The van der Waals surface area contributed by atoms with Crippen LogP contribution in [-0.4, -0.2) is 21.3 Å². The van der Waals surface area contributed by atoms with Crippen molar-refractivity contribution in [1.29, 1.82) is 0 Å². The molecular formula is C13H16N4O. The van der Waals surface area contributed by atoms with E-state index in [1.807, 2.05) is 32.9 Å². The monoisotopic (exact) mass is 244 g/mol. The van der Waals surface area contributed by atoms with Gasteiger partial charge in [-0.05, 0) is 38.8 Å². The minimum Gasteiger partial charge on any atom is -0.320 e. The van der Waals surface area contributed by atoms with Crippen molar-refractivity contribution < 1.29 is 4.79 Å². The van der Waals surface area contributed by atoms with Crippen LogP contribution in [0.4, 0.5) is 5.69 Å². The van der Waals surface area contributed by atoms with E-state index in [0.29, 0.717) is 11.4 Å². The fourth-order valence-electron chi connectivity index (χ4n) is 2.05. The van der Waals surface area contributed by atoms with Gasteiger partial charge in [-0.3, -0.25) is 4.79 Å². The molecule has 0 bridgehead atoms. The number of carbonyl (C=O) groups excluding carboxylic acids is 1. The van der Waals surface area contributed by atoms with Gasteiger partial charge in [-0.25, -0.2) is 0 Å². The van der Waals surface area contributed by atoms with Gasteiger partial charge in [0.25, 0.3) is 5.91 Å². The number of aromatic nitrogens is 3. The number of anilines is 1. The molecule has 0 spiro atoms. The van der Waals surface area contributed by atoms with E-state index in [1.54, 1.807) is 6.92 Å². The Bertz CT molecular complexity index is 578. The average Bonchev–Trinajstić information content (AvgIpc) is 2.69. The summed E-state index contributed by atoms with van der Waals surface area (Å²) in [6.45, 7) is 7.73. The maximum atomic E-state index is 12.1. The quantitative estimate of drug-likeness (QED) is 0.851. The molecule has 0 unspecified atom stereocenters. The second-order valence-corrected chi connectivity index (χ2v) is 4.49. The van der Waals surface area contributed by atoms with Crippen molar-refractivity contribution in [3.8, 4) is 0 Å². The standard InChI is InChI=1S/C13H16N4O/c1-7-5-8(2)11(9(3)6-7)14-13(18)12-10(4)15-17-16-12/h5-6H,1-4H3,(H,14,18)(H,15,16,17). The van der Waals surface area contributed by atoms with E-state index >= 15 is 0 Å². The third-order valence-corrected chi connectivity index (χ3v) is 2.85. The Morgan fingerprint density at radius 2 is 1.72 bits per heavy atom. The Morgan fingerprint density at radius 1 is 1.11 bits per heavy atom. The van der Waals surface area contributed by atoms with Crippen LogP contribution in [0.15, 0.2) is 12.1 Å². The van der Waals surface area contributed by atoms with Crippen molar-refractivity contribution >= 4 is 11.6 Å². The normalized spacial score (nSPS) is 10.4. The van der Waals surface area contributed by atoms with Gasteiger partial charge in [-0.1, -0.05) is 17.7 Å². The summed E-state index contributed by atoms with van der Waals surface area (Å²) in [5, 5.41) is 13.0. The zero-order valence-electron chi connectivity index (χ0n) is 11.0. The molecule has 0 aliphatic heterocycles. The molecule has 0 radical (unpaired) electrons. The van der Waals surface area contributed by atoms with E-state index in [4.69, 9.17) is 0 Å². The Hall–Kier alpha value is -2.17. The summed E-state index contributed by atoms with van der Waals surface area (Å²) >= 11 is 0. The molecule has 0 fully saturated rings. The van der Waals surface area contributed by atoms with Gasteiger partial charge < -0.3 is 5.32 Å². The molecule has 2 aromatic rings. The summed E-state index contributed by atoms with van der Waals surface area (Å²) in [7, 11) is 0. The molecule has 1 heterocycles. The number of rotatable bonds is 2. The Balaban J connectivity index is 2.31. The van der Waals surface area contributed by atoms with Crippen LogP contribution in [-0.2, 0) is 0 Å². The van der Waals surface area contributed by atoms with Crippen molar-refractivity contribution in [2.75, 3.05) is 5.32 Å². The minimum atomic E-state index is -0.240. The molecule has 5 heteroatoms. The fraction of sp³-hybridized carbons (Fsp3) is 0.308. The lowest BCUT2D eigenvalue weighted by atomic mass is 10.0. The van der Waals surface area contributed by atoms with Gasteiger partial charge >= 0.3 is 0 Å². The maximum Gasteiger partial charge on any atom is 0.278 e. The highest BCUT2D eigenvalue weighted by atomic mass is 16.2. The predicted octanol–water partition coefficient (Wildman–Crippen LogP) is 2.29. The van der Waals surface area contributed by atoms with Crippen LogP contribution in [0, 0.1) is 27.7 Å². The molecular weight excluding hydrogens is 228 g/mol. The average molecular weight is 244 g/mol. The smallest absolute Gasteiger partial charge is 0.278 e. The Labute approximate surface area is 106 Å². The second-order valence-electron chi connectivity index (χ2n) is 4.49. The zero-order chi connectivity index (χ0) is 13.3. The molecule has 1 aromatic carbocycles. The molecule has 0 saturated heterocycles. The summed E-state index contributed by atoms with van der Waals surface area (Å²) < 4.78 is 0. The largest absolute Gasteiger partial charge is 0.320 e. The number of nitrogens with zero attached hydrogens (tertiary/aromatic N) is 2. The first-order chi connectivity index (χ1) is 8.49. The number of hydrogen-bond acceptors (Lipinski definition) is 3. The molecule has 0 atom stereocenters. The van der Waals surface area contributed by atoms with Gasteiger partial charge in [-0.15, -0.1) is 0 Å². The van der Waals surface area contributed by atoms with E-state index in [0.717, 1.165) is 16.8 Å². The number of nitrogens with one attached hydrogen (secondary N) is 2. The maximum absolute atomic E-state index is 12.1. The summed E-state index contributed by atoms with van der Waals surface area (Å²) in [4.78, 5) is 12.1. The number of benzene rings is 1. The van der Waals surface area contributed by atoms with Crippen molar-refractivity contribution in [1.82, 2.24) is 15.4 Å². The molecule has 0 aliphatic carbocycles. The van der Waals surface area contributed by atoms with E-state index in [1.165, 1.54) is 5.56 Å². The van der Waals surface area contributed by atoms with Gasteiger partial charge in [0, 0.05) is 5.69 Å². The Morgan fingerprint density at radius 3 is 2.22 bits per heavy atom. The molecule has 2 N–H and O–H groups in total. The Kier molecular flexibility index (Phi) is 3.14. The van der Waals surface area contributed by atoms with Crippen LogP contribution in [0.1, 0.15) is 32.9 Å². The van der Waals surface area contributed by atoms with Crippen LogP contribution in [0.25, 0.3) is 0 Å². The van der Waals surface area contributed by atoms with Crippen LogP contribution in [0.2, 0.25) is 0 Å². The van der Waals surface area contributed by atoms with Crippen molar-refractivity contribution in [3.05, 3.63) is 40.2 Å². The topological polar surface area (TPSA) is 70.7 Å². The highest BCUT2D eigenvalue weighted by Crippen LogP contribution is 2.22. The number of amides is 1. The molecule has 0 aliphatic rings.